The van der Waals surface area contributed by atoms with Gasteiger partial charge in [-0.1, -0.05) is 114 Å². The second kappa shape index (κ2) is 14.8. The third-order valence-electron chi connectivity index (χ3n) is 9.28. The van der Waals surface area contributed by atoms with Crippen molar-refractivity contribution in [3.05, 3.63) is 157 Å². The molecule has 0 atom stereocenters. The summed E-state index contributed by atoms with van der Waals surface area (Å²) in [4.78, 5) is 26.1. The van der Waals surface area contributed by atoms with E-state index in [2.05, 4.69) is 62.8 Å². The lowest BCUT2D eigenvalue weighted by Gasteiger charge is -2.31. The molecule has 0 aliphatic rings. The van der Waals surface area contributed by atoms with Crippen molar-refractivity contribution in [2.75, 3.05) is 0 Å². The van der Waals surface area contributed by atoms with Crippen LogP contribution in [0.5, 0.6) is 17.2 Å². The van der Waals surface area contributed by atoms with E-state index in [1.807, 2.05) is 86.9 Å². The topological polar surface area (TPSA) is 82.7 Å². The van der Waals surface area contributed by atoms with Crippen molar-refractivity contribution < 1.29 is 14.6 Å². The Hall–Kier alpha value is -5.04. The molecule has 3 aromatic carbocycles. The number of hydrogen-bond acceptors (Lipinski definition) is 5. The van der Waals surface area contributed by atoms with Crippen LogP contribution in [0.3, 0.4) is 0 Å². The van der Waals surface area contributed by atoms with Gasteiger partial charge in [0, 0.05) is 43.5 Å². The molecule has 262 valence electrons. The van der Waals surface area contributed by atoms with Crippen molar-refractivity contribution in [3.63, 3.8) is 0 Å². The number of pyridine rings is 2. The maximum atomic E-state index is 13.1. The maximum Gasteiger partial charge on any atom is 0.223 e. The van der Waals surface area contributed by atoms with Crippen LogP contribution >= 0.6 is 0 Å². The Balaban J connectivity index is 1.59. The average molecular weight is 675 g/mol. The van der Waals surface area contributed by atoms with Crippen LogP contribution in [0.1, 0.15) is 86.7 Å². The van der Waals surface area contributed by atoms with E-state index in [1.165, 1.54) is 0 Å². The molecule has 0 spiro atoms. The number of nitrogens with zero attached hydrogens (tertiary/aromatic N) is 2. The normalized spacial score (nSPS) is 11.9. The zero-order valence-corrected chi connectivity index (χ0v) is 30.6. The van der Waals surface area contributed by atoms with E-state index in [0.29, 0.717) is 30.3 Å². The van der Waals surface area contributed by atoms with Gasteiger partial charge in [0.25, 0.3) is 0 Å². The highest BCUT2D eigenvalue weighted by atomic mass is 16.5. The summed E-state index contributed by atoms with van der Waals surface area (Å²) < 4.78 is 16.4. The lowest BCUT2D eigenvalue weighted by atomic mass is 9.77. The number of rotatable bonds is 11. The fraction of sp³-hybridized carbons (Fsp3) is 0.349. The summed E-state index contributed by atoms with van der Waals surface area (Å²) in [6.45, 7) is 18.1. The zero-order chi connectivity index (χ0) is 36.2. The number of hydrogen-bond donors (Lipinski definition) is 1. The average Bonchev–Trinajstić information content (AvgIpc) is 3.06. The molecule has 0 unspecified atom stereocenters. The van der Waals surface area contributed by atoms with Gasteiger partial charge in [0.1, 0.15) is 19.0 Å². The molecule has 2 aromatic heterocycles. The summed E-state index contributed by atoms with van der Waals surface area (Å²) in [6, 6.07) is 26.9. The fourth-order valence-electron chi connectivity index (χ4n) is 6.29. The molecule has 7 nitrogen and oxygen atoms in total. The number of phenols is 1. The predicted molar refractivity (Wildman–Crippen MR) is 201 cm³/mol. The fourth-order valence-corrected chi connectivity index (χ4v) is 6.29. The maximum absolute atomic E-state index is 13.1. The van der Waals surface area contributed by atoms with E-state index in [1.54, 1.807) is 12.1 Å². The van der Waals surface area contributed by atoms with Crippen LogP contribution in [0.2, 0.25) is 0 Å². The Kier molecular flexibility index (Phi) is 10.8. The minimum absolute atomic E-state index is 0.135. The molecule has 1 N–H and O–H groups in total. The van der Waals surface area contributed by atoms with Gasteiger partial charge in [0.15, 0.2) is 11.5 Å². The molecular weight excluding hydrogens is 624 g/mol. The van der Waals surface area contributed by atoms with Crippen molar-refractivity contribution in [1.82, 2.24) is 9.13 Å². The third-order valence-corrected chi connectivity index (χ3v) is 9.28. The lowest BCUT2D eigenvalue weighted by molar-refractivity contribution is 0.294. The van der Waals surface area contributed by atoms with Gasteiger partial charge >= 0.3 is 0 Å². The second-order valence-electron chi connectivity index (χ2n) is 15.2. The molecule has 7 heteroatoms. The molecule has 5 aromatic rings. The second-order valence-corrected chi connectivity index (χ2v) is 15.2. The Morgan fingerprint density at radius 1 is 0.620 bits per heavy atom. The Morgan fingerprint density at radius 2 is 1.00 bits per heavy atom. The van der Waals surface area contributed by atoms with Crippen LogP contribution in [0, 0.1) is 13.8 Å². The quantitative estimate of drug-likeness (QED) is 0.152. The third kappa shape index (κ3) is 8.39. The molecule has 0 fully saturated rings. The van der Waals surface area contributed by atoms with Gasteiger partial charge in [-0.05, 0) is 52.5 Å². The van der Waals surface area contributed by atoms with E-state index in [4.69, 9.17) is 9.47 Å². The molecule has 0 radical (unpaired) electrons. The minimum atomic E-state index is -0.317. The van der Waals surface area contributed by atoms with Gasteiger partial charge in [-0.25, -0.2) is 0 Å². The Bertz CT molecular complexity index is 1900. The standard InChI is InChI=1S/C43H50N2O5/c1-29-40(49-27-31-15-11-9-12-16-31)37(46)19-21-44(29)25-34(33-23-35(42(3,4)5)39(48)36(24-33)43(6,7)8)26-45-22-20-38(47)41(30(45)2)50-28-32-17-13-10-14-18-32/h9-24,34,48H,25-28H2,1-8H3. The van der Waals surface area contributed by atoms with E-state index < -0.39 is 0 Å². The first kappa shape index (κ1) is 36.2. The minimum Gasteiger partial charge on any atom is -0.507 e. The highest BCUT2D eigenvalue weighted by Crippen LogP contribution is 2.42. The lowest BCUT2D eigenvalue weighted by Crippen LogP contribution is -2.24. The van der Waals surface area contributed by atoms with E-state index in [-0.39, 0.29) is 40.8 Å². The predicted octanol–water partition coefficient (Wildman–Crippen LogP) is 8.57. The first-order valence-corrected chi connectivity index (χ1v) is 17.2. The Labute approximate surface area is 295 Å². The number of benzene rings is 3. The zero-order valence-electron chi connectivity index (χ0n) is 30.6. The summed E-state index contributed by atoms with van der Waals surface area (Å²) in [5.41, 5.74) is 5.24. The van der Waals surface area contributed by atoms with Crippen LogP contribution in [0.25, 0.3) is 0 Å². The molecule has 2 heterocycles. The van der Waals surface area contributed by atoms with Gasteiger partial charge in [-0.2, -0.15) is 0 Å². The van der Waals surface area contributed by atoms with Crippen LogP contribution in [-0.2, 0) is 37.1 Å². The van der Waals surface area contributed by atoms with Crippen molar-refractivity contribution in [2.24, 2.45) is 0 Å². The summed E-state index contributed by atoms with van der Waals surface area (Å²) in [5.74, 6) is 0.828. The molecule has 0 saturated carbocycles. The summed E-state index contributed by atoms with van der Waals surface area (Å²) in [7, 11) is 0. The monoisotopic (exact) mass is 674 g/mol. The van der Waals surface area contributed by atoms with Crippen LogP contribution in [0.4, 0.5) is 0 Å². The molecule has 0 aliphatic heterocycles. The smallest absolute Gasteiger partial charge is 0.223 e. The first-order valence-electron chi connectivity index (χ1n) is 17.2. The van der Waals surface area contributed by atoms with Gasteiger partial charge in [-0.15, -0.1) is 0 Å². The van der Waals surface area contributed by atoms with Crippen molar-refractivity contribution in [2.45, 2.75) is 98.4 Å². The van der Waals surface area contributed by atoms with Crippen LogP contribution < -0.4 is 20.3 Å². The van der Waals surface area contributed by atoms with Crippen LogP contribution in [0.15, 0.2) is 107 Å². The molecule has 0 aliphatic carbocycles. The van der Waals surface area contributed by atoms with E-state index in [9.17, 15) is 14.7 Å². The van der Waals surface area contributed by atoms with Crippen molar-refractivity contribution in [1.29, 1.82) is 0 Å². The molecule has 5 rings (SSSR count). The molecule has 50 heavy (non-hydrogen) atoms. The van der Waals surface area contributed by atoms with E-state index >= 15 is 0 Å². The molecule has 0 amide bonds. The van der Waals surface area contributed by atoms with E-state index in [0.717, 1.165) is 39.2 Å². The van der Waals surface area contributed by atoms with Gasteiger partial charge in [-0.3, -0.25) is 9.59 Å². The first-order chi connectivity index (χ1) is 23.6. The number of ether oxygens (including phenoxy) is 2. The molecular formula is C43H50N2O5. The number of aromatic hydroxyl groups is 1. The highest BCUT2D eigenvalue weighted by Gasteiger charge is 2.29. The SMILES string of the molecule is Cc1c(OCc2ccccc2)c(=O)ccn1CC(Cn1ccc(=O)c(OCc2ccccc2)c1C)c1cc(C(C)(C)C)c(O)c(C(C)(C)C)c1. The number of phenolic OH excluding ortho intramolecular Hbond substituents is 1. The number of aromatic nitrogens is 2. The van der Waals surface area contributed by atoms with Crippen molar-refractivity contribution in [3.8, 4) is 17.2 Å². The largest absolute Gasteiger partial charge is 0.507 e. The van der Waals surface area contributed by atoms with Crippen molar-refractivity contribution >= 4 is 0 Å². The Morgan fingerprint density at radius 3 is 1.36 bits per heavy atom. The summed E-state index contributed by atoms with van der Waals surface area (Å²) in [5, 5.41) is 11.6. The van der Waals surface area contributed by atoms with Gasteiger partial charge in [0.05, 0.1) is 11.4 Å². The molecule has 0 saturated heterocycles. The van der Waals surface area contributed by atoms with Gasteiger partial charge in [0.2, 0.25) is 10.9 Å². The summed E-state index contributed by atoms with van der Waals surface area (Å²) >= 11 is 0. The highest BCUT2D eigenvalue weighted by molar-refractivity contribution is 5.51. The summed E-state index contributed by atoms with van der Waals surface area (Å²) in [6.07, 6.45) is 3.64. The van der Waals surface area contributed by atoms with Crippen LogP contribution in [-0.4, -0.2) is 14.2 Å². The molecule has 0 bridgehead atoms. The van der Waals surface area contributed by atoms with Gasteiger partial charge < -0.3 is 23.7 Å².